The second-order valence-corrected chi connectivity index (χ2v) is 10.4. The Morgan fingerprint density at radius 2 is 1.50 bits per heavy atom. The lowest BCUT2D eigenvalue weighted by Crippen LogP contribution is -2.52. The van der Waals surface area contributed by atoms with E-state index in [1.807, 2.05) is 13.8 Å². The third kappa shape index (κ3) is 7.51. The van der Waals surface area contributed by atoms with Crippen LogP contribution in [0.15, 0.2) is 42.5 Å². The molecule has 2 aromatic rings. The molecule has 0 aliphatic rings. The van der Waals surface area contributed by atoms with Crippen LogP contribution in [-0.2, 0) is 26.2 Å². The highest BCUT2D eigenvalue weighted by Crippen LogP contribution is 2.33. The Morgan fingerprint density at radius 3 is 2.00 bits per heavy atom. The van der Waals surface area contributed by atoms with Gasteiger partial charge in [0, 0.05) is 18.7 Å². The number of nitrogens with zero attached hydrogens (tertiary/aromatic N) is 2. The average molecular weight is 522 g/mol. The van der Waals surface area contributed by atoms with E-state index in [0.717, 1.165) is 16.1 Å². The Labute approximate surface area is 213 Å². The number of hydrogen-bond acceptors (Lipinski definition) is 7. The summed E-state index contributed by atoms with van der Waals surface area (Å²) in [6, 6.07) is 10.7. The lowest BCUT2D eigenvalue weighted by atomic mass is 10.1. The van der Waals surface area contributed by atoms with Gasteiger partial charge in [-0.1, -0.05) is 12.1 Å². The van der Waals surface area contributed by atoms with Crippen molar-refractivity contribution in [2.45, 2.75) is 39.4 Å². The first kappa shape index (κ1) is 28.8. The van der Waals surface area contributed by atoms with Crippen molar-refractivity contribution in [1.29, 1.82) is 0 Å². The molecule has 0 aliphatic carbocycles. The van der Waals surface area contributed by atoms with E-state index in [1.165, 1.54) is 31.3 Å². The predicted octanol–water partition coefficient (Wildman–Crippen LogP) is 2.42. The number of rotatable bonds is 12. The van der Waals surface area contributed by atoms with Crippen LogP contribution in [0.3, 0.4) is 0 Å². The fraction of sp³-hybridized carbons (Fsp3) is 0.440. The summed E-state index contributed by atoms with van der Waals surface area (Å²) >= 11 is 0. The van der Waals surface area contributed by atoms with Gasteiger partial charge in [-0.15, -0.1) is 0 Å². The first-order chi connectivity index (χ1) is 16.9. The number of carbonyl (C=O) groups is 2. The molecule has 10 nitrogen and oxygen atoms in total. The molecule has 0 saturated carbocycles. The standard InChI is InChI=1S/C25H35N3O7S/c1-17(2)26-25(30)18(3)27(15-19-8-10-20(33-4)11-9-19)24(29)16-28(36(7,31)32)22-13-12-21(34-5)14-23(22)35-6/h8-14,17-18H,15-16H2,1-7H3,(H,26,30). The molecular weight excluding hydrogens is 486 g/mol. The fourth-order valence-corrected chi connectivity index (χ4v) is 4.35. The van der Waals surface area contributed by atoms with Gasteiger partial charge in [-0.3, -0.25) is 13.9 Å². The van der Waals surface area contributed by atoms with Crippen molar-refractivity contribution in [1.82, 2.24) is 10.2 Å². The quantitative estimate of drug-likeness (QED) is 0.456. The lowest BCUT2D eigenvalue weighted by molar-refractivity contribution is -0.139. The lowest BCUT2D eigenvalue weighted by Gasteiger charge is -2.32. The van der Waals surface area contributed by atoms with E-state index in [0.29, 0.717) is 11.5 Å². The van der Waals surface area contributed by atoms with Crippen molar-refractivity contribution in [2.24, 2.45) is 0 Å². The molecule has 0 spiro atoms. The van der Waals surface area contributed by atoms with Gasteiger partial charge < -0.3 is 24.4 Å². The van der Waals surface area contributed by atoms with Crippen LogP contribution in [0.2, 0.25) is 0 Å². The minimum atomic E-state index is -3.90. The van der Waals surface area contributed by atoms with Crippen molar-refractivity contribution in [2.75, 3.05) is 38.4 Å². The van der Waals surface area contributed by atoms with Gasteiger partial charge in [-0.2, -0.15) is 0 Å². The van der Waals surface area contributed by atoms with Crippen LogP contribution >= 0.6 is 0 Å². The van der Waals surface area contributed by atoms with Crippen LogP contribution in [-0.4, -0.2) is 71.3 Å². The Morgan fingerprint density at radius 1 is 0.917 bits per heavy atom. The first-order valence-corrected chi connectivity index (χ1v) is 13.2. The summed E-state index contributed by atoms with van der Waals surface area (Å²) < 4.78 is 42.2. The topological polar surface area (TPSA) is 114 Å². The second-order valence-electron chi connectivity index (χ2n) is 8.52. The summed E-state index contributed by atoms with van der Waals surface area (Å²) in [5.74, 6) is 0.438. The minimum absolute atomic E-state index is 0.0901. The molecule has 1 N–H and O–H groups in total. The Bertz CT molecular complexity index is 1150. The van der Waals surface area contributed by atoms with E-state index in [4.69, 9.17) is 14.2 Å². The number of methoxy groups -OCH3 is 3. The third-order valence-corrected chi connectivity index (χ3v) is 6.57. The maximum absolute atomic E-state index is 13.6. The molecule has 2 aromatic carbocycles. The molecule has 0 aliphatic heterocycles. The fourth-order valence-electron chi connectivity index (χ4n) is 3.50. The highest BCUT2D eigenvalue weighted by Gasteiger charge is 2.31. The van der Waals surface area contributed by atoms with Crippen molar-refractivity contribution in [3.8, 4) is 17.2 Å². The van der Waals surface area contributed by atoms with E-state index < -0.39 is 28.5 Å². The highest BCUT2D eigenvalue weighted by atomic mass is 32.2. The van der Waals surface area contributed by atoms with E-state index in [-0.39, 0.29) is 29.9 Å². The van der Waals surface area contributed by atoms with Gasteiger partial charge >= 0.3 is 0 Å². The van der Waals surface area contributed by atoms with Crippen LogP contribution in [0.25, 0.3) is 0 Å². The zero-order valence-corrected chi connectivity index (χ0v) is 22.6. The average Bonchev–Trinajstić information content (AvgIpc) is 2.84. The summed E-state index contributed by atoms with van der Waals surface area (Å²) in [4.78, 5) is 27.8. The molecule has 0 heterocycles. The van der Waals surface area contributed by atoms with Crippen molar-refractivity contribution >= 4 is 27.5 Å². The number of nitrogens with one attached hydrogen (secondary N) is 1. The summed E-state index contributed by atoms with van der Waals surface area (Å²) in [6.07, 6.45) is 1.01. The van der Waals surface area contributed by atoms with E-state index in [1.54, 1.807) is 44.4 Å². The van der Waals surface area contributed by atoms with Gasteiger partial charge in [0.2, 0.25) is 21.8 Å². The van der Waals surface area contributed by atoms with Gasteiger partial charge in [0.05, 0.1) is 33.3 Å². The molecule has 11 heteroatoms. The zero-order chi connectivity index (χ0) is 27.0. The van der Waals surface area contributed by atoms with Crippen molar-refractivity contribution < 1.29 is 32.2 Å². The van der Waals surface area contributed by atoms with Gasteiger partial charge in [-0.25, -0.2) is 8.42 Å². The summed E-state index contributed by atoms with van der Waals surface area (Å²) in [7, 11) is 0.531. The molecule has 0 radical (unpaired) electrons. The maximum atomic E-state index is 13.6. The van der Waals surface area contributed by atoms with Crippen LogP contribution in [0.1, 0.15) is 26.3 Å². The maximum Gasteiger partial charge on any atom is 0.244 e. The van der Waals surface area contributed by atoms with Crippen molar-refractivity contribution in [3.63, 3.8) is 0 Å². The molecule has 0 aromatic heterocycles. The Balaban J connectivity index is 2.45. The zero-order valence-electron chi connectivity index (χ0n) is 21.8. The minimum Gasteiger partial charge on any atom is -0.497 e. The molecule has 0 bridgehead atoms. The van der Waals surface area contributed by atoms with E-state index in [9.17, 15) is 18.0 Å². The molecule has 0 saturated heterocycles. The number of ether oxygens (including phenoxy) is 3. The summed E-state index contributed by atoms with van der Waals surface area (Å²) in [6.45, 7) is 4.81. The second kappa shape index (κ2) is 12.5. The molecule has 2 rings (SSSR count). The molecule has 1 unspecified atom stereocenters. The largest absolute Gasteiger partial charge is 0.497 e. The third-order valence-electron chi connectivity index (χ3n) is 5.44. The number of carbonyl (C=O) groups excluding carboxylic acids is 2. The number of benzene rings is 2. The van der Waals surface area contributed by atoms with E-state index >= 15 is 0 Å². The van der Waals surface area contributed by atoms with Gasteiger partial charge in [0.1, 0.15) is 29.8 Å². The Hall–Kier alpha value is -3.47. The molecule has 2 amide bonds. The molecule has 198 valence electrons. The smallest absolute Gasteiger partial charge is 0.244 e. The first-order valence-electron chi connectivity index (χ1n) is 11.3. The van der Waals surface area contributed by atoms with Gasteiger partial charge in [-0.05, 0) is 50.6 Å². The SMILES string of the molecule is COc1ccc(CN(C(=O)CN(c2ccc(OC)cc2OC)S(C)(=O)=O)C(C)C(=O)NC(C)C)cc1. The van der Waals surface area contributed by atoms with Crippen LogP contribution in [0.5, 0.6) is 17.2 Å². The monoisotopic (exact) mass is 521 g/mol. The number of anilines is 1. The molecule has 36 heavy (non-hydrogen) atoms. The van der Waals surface area contributed by atoms with Crippen LogP contribution in [0.4, 0.5) is 5.69 Å². The van der Waals surface area contributed by atoms with Crippen molar-refractivity contribution in [3.05, 3.63) is 48.0 Å². The number of amides is 2. The van der Waals surface area contributed by atoms with Crippen LogP contribution in [0, 0.1) is 0 Å². The highest BCUT2D eigenvalue weighted by molar-refractivity contribution is 7.92. The summed E-state index contributed by atoms with van der Waals surface area (Å²) in [5.41, 5.74) is 0.930. The van der Waals surface area contributed by atoms with Gasteiger partial charge in [0.15, 0.2) is 0 Å². The molecular formula is C25H35N3O7S. The predicted molar refractivity (Wildman–Crippen MR) is 138 cm³/mol. The number of hydrogen-bond donors (Lipinski definition) is 1. The van der Waals surface area contributed by atoms with E-state index in [2.05, 4.69) is 5.32 Å². The Kier molecular flexibility index (Phi) is 9.97. The van der Waals surface area contributed by atoms with Gasteiger partial charge in [0.25, 0.3) is 0 Å². The van der Waals surface area contributed by atoms with Crippen LogP contribution < -0.4 is 23.8 Å². The number of sulfonamides is 1. The summed E-state index contributed by atoms with van der Waals surface area (Å²) in [5, 5.41) is 2.81. The molecule has 0 fully saturated rings. The molecule has 1 atom stereocenters. The normalized spacial score (nSPS) is 12.0.